The first-order valence-corrected chi connectivity index (χ1v) is 9.14. The van der Waals surface area contributed by atoms with Gasteiger partial charge in [-0.05, 0) is 30.7 Å². The molecule has 7 nitrogen and oxygen atoms in total. The molecule has 0 spiro atoms. The van der Waals surface area contributed by atoms with Crippen LogP contribution in [0, 0.1) is 0 Å². The molecule has 0 radical (unpaired) electrons. The predicted octanol–water partition coefficient (Wildman–Crippen LogP) is 3.13. The van der Waals surface area contributed by atoms with Crippen LogP contribution < -0.4 is 19.3 Å². The molecule has 0 fully saturated rings. The Kier molecular flexibility index (Phi) is 4.73. The fourth-order valence-electron chi connectivity index (χ4n) is 3.41. The molecule has 0 atom stereocenters. The fourth-order valence-corrected chi connectivity index (χ4v) is 3.41. The SMILES string of the molecule is COc1ccc(C(=O)N2CCCN(C)c3nc4ccccc4nc32)c(OC)c1. The number of anilines is 2. The average Bonchev–Trinajstić information content (AvgIpc) is 2.89. The van der Waals surface area contributed by atoms with E-state index in [1.54, 1.807) is 37.3 Å². The van der Waals surface area contributed by atoms with Gasteiger partial charge in [0.25, 0.3) is 5.91 Å². The van der Waals surface area contributed by atoms with Crippen molar-refractivity contribution in [2.45, 2.75) is 6.42 Å². The maximum Gasteiger partial charge on any atom is 0.263 e. The Morgan fingerprint density at radius 3 is 2.36 bits per heavy atom. The van der Waals surface area contributed by atoms with Crippen LogP contribution in [0.25, 0.3) is 11.0 Å². The second-order valence-electron chi connectivity index (χ2n) is 6.66. The molecule has 0 unspecified atom stereocenters. The molecule has 0 saturated carbocycles. The van der Waals surface area contributed by atoms with Crippen molar-refractivity contribution in [3.05, 3.63) is 48.0 Å². The molecule has 3 aromatic rings. The van der Waals surface area contributed by atoms with E-state index in [2.05, 4.69) is 0 Å². The van der Waals surface area contributed by atoms with Crippen LogP contribution in [0.5, 0.6) is 11.5 Å². The van der Waals surface area contributed by atoms with Gasteiger partial charge in [0.15, 0.2) is 11.6 Å². The minimum atomic E-state index is -0.166. The first kappa shape index (κ1) is 18.0. The summed E-state index contributed by atoms with van der Waals surface area (Å²) in [6.45, 7) is 1.35. The monoisotopic (exact) mass is 378 g/mol. The standard InChI is InChI=1S/C21H22N4O3/c1-24-11-6-12-25(20-19(24)22-16-7-4-5-8-17(16)23-20)21(26)15-10-9-14(27-2)13-18(15)28-3/h4-5,7-10,13H,6,11-12H2,1-3H3. The van der Waals surface area contributed by atoms with Crippen LogP contribution in [0.15, 0.2) is 42.5 Å². The van der Waals surface area contributed by atoms with Crippen molar-refractivity contribution in [3.63, 3.8) is 0 Å². The summed E-state index contributed by atoms with van der Waals surface area (Å²) in [7, 11) is 5.10. The van der Waals surface area contributed by atoms with E-state index in [1.165, 1.54) is 0 Å². The van der Waals surface area contributed by atoms with Crippen molar-refractivity contribution in [1.82, 2.24) is 9.97 Å². The first-order chi connectivity index (χ1) is 13.6. The van der Waals surface area contributed by atoms with E-state index in [0.717, 1.165) is 24.0 Å². The highest BCUT2D eigenvalue weighted by Gasteiger charge is 2.29. The van der Waals surface area contributed by atoms with Gasteiger partial charge >= 0.3 is 0 Å². The number of amides is 1. The molecule has 0 N–H and O–H groups in total. The molecule has 1 aliphatic heterocycles. The Bertz CT molecular complexity index is 1040. The minimum absolute atomic E-state index is 0.166. The largest absolute Gasteiger partial charge is 0.497 e. The van der Waals surface area contributed by atoms with E-state index < -0.39 is 0 Å². The van der Waals surface area contributed by atoms with Gasteiger partial charge in [0, 0.05) is 26.2 Å². The van der Waals surface area contributed by atoms with Gasteiger partial charge in [-0.1, -0.05) is 12.1 Å². The van der Waals surface area contributed by atoms with Crippen LogP contribution in [0.4, 0.5) is 11.6 Å². The van der Waals surface area contributed by atoms with Crippen molar-refractivity contribution in [3.8, 4) is 11.5 Å². The third kappa shape index (κ3) is 3.09. The maximum absolute atomic E-state index is 13.5. The Morgan fingerprint density at radius 1 is 0.964 bits per heavy atom. The highest BCUT2D eigenvalue weighted by molar-refractivity contribution is 6.09. The summed E-state index contributed by atoms with van der Waals surface area (Å²) in [5.41, 5.74) is 2.04. The van der Waals surface area contributed by atoms with Gasteiger partial charge < -0.3 is 14.4 Å². The van der Waals surface area contributed by atoms with Crippen LogP contribution in [0.2, 0.25) is 0 Å². The van der Waals surface area contributed by atoms with Gasteiger partial charge in [-0.3, -0.25) is 9.69 Å². The molecule has 2 aromatic carbocycles. The molecule has 144 valence electrons. The number of fused-ring (bicyclic) bond motifs is 2. The lowest BCUT2D eigenvalue weighted by molar-refractivity contribution is 0.0983. The number of methoxy groups -OCH3 is 2. The molecular weight excluding hydrogens is 356 g/mol. The van der Waals surface area contributed by atoms with Gasteiger partial charge in [0.2, 0.25) is 0 Å². The molecule has 7 heteroatoms. The Labute approximate surface area is 163 Å². The minimum Gasteiger partial charge on any atom is -0.497 e. The number of nitrogens with zero attached hydrogens (tertiary/aromatic N) is 4. The van der Waals surface area contributed by atoms with Gasteiger partial charge in [-0.2, -0.15) is 0 Å². The van der Waals surface area contributed by atoms with Crippen molar-refractivity contribution in [2.24, 2.45) is 0 Å². The summed E-state index contributed by atoms with van der Waals surface area (Å²) in [4.78, 5) is 26.8. The zero-order valence-corrected chi connectivity index (χ0v) is 16.2. The van der Waals surface area contributed by atoms with Gasteiger partial charge in [-0.15, -0.1) is 0 Å². The Morgan fingerprint density at radius 2 is 1.68 bits per heavy atom. The number of hydrogen-bond donors (Lipinski definition) is 0. The van der Waals surface area contributed by atoms with E-state index >= 15 is 0 Å². The zero-order chi connectivity index (χ0) is 19.7. The third-order valence-corrected chi connectivity index (χ3v) is 4.91. The highest BCUT2D eigenvalue weighted by atomic mass is 16.5. The lowest BCUT2D eigenvalue weighted by atomic mass is 10.1. The summed E-state index contributed by atoms with van der Waals surface area (Å²) < 4.78 is 10.7. The number of para-hydroxylation sites is 2. The Balaban J connectivity index is 1.83. The number of rotatable bonds is 3. The Hall–Kier alpha value is -3.35. The molecule has 1 amide bonds. The summed E-state index contributed by atoms with van der Waals surface area (Å²) in [6, 6.07) is 12.9. The lowest BCUT2D eigenvalue weighted by Gasteiger charge is -2.23. The van der Waals surface area contributed by atoms with Gasteiger partial charge in [0.1, 0.15) is 11.5 Å². The molecule has 2 heterocycles. The van der Waals surface area contributed by atoms with E-state index in [1.807, 2.05) is 36.2 Å². The number of benzene rings is 2. The van der Waals surface area contributed by atoms with Crippen molar-refractivity contribution < 1.29 is 14.3 Å². The number of carbonyl (C=O) groups excluding carboxylic acids is 1. The number of ether oxygens (including phenoxy) is 2. The van der Waals surface area contributed by atoms with Crippen molar-refractivity contribution in [2.75, 3.05) is 44.2 Å². The predicted molar refractivity (Wildman–Crippen MR) is 109 cm³/mol. The molecule has 1 aliphatic rings. The molecule has 0 saturated heterocycles. The van der Waals surface area contributed by atoms with Gasteiger partial charge in [-0.25, -0.2) is 9.97 Å². The van der Waals surface area contributed by atoms with Crippen LogP contribution in [0.3, 0.4) is 0 Å². The highest BCUT2D eigenvalue weighted by Crippen LogP contribution is 2.33. The lowest BCUT2D eigenvalue weighted by Crippen LogP contribution is -2.32. The van der Waals surface area contributed by atoms with Gasteiger partial charge in [0.05, 0.1) is 30.8 Å². The maximum atomic E-state index is 13.5. The average molecular weight is 378 g/mol. The zero-order valence-electron chi connectivity index (χ0n) is 16.2. The second kappa shape index (κ2) is 7.34. The van der Waals surface area contributed by atoms with E-state index in [4.69, 9.17) is 19.4 Å². The quantitative estimate of drug-likeness (QED) is 0.698. The summed E-state index contributed by atoms with van der Waals surface area (Å²) >= 11 is 0. The normalized spacial score (nSPS) is 13.8. The second-order valence-corrected chi connectivity index (χ2v) is 6.66. The number of carbonyl (C=O) groups is 1. The van der Waals surface area contributed by atoms with Crippen molar-refractivity contribution >= 4 is 28.6 Å². The smallest absolute Gasteiger partial charge is 0.263 e. The molecule has 1 aromatic heterocycles. The number of aromatic nitrogens is 2. The first-order valence-electron chi connectivity index (χ1n) is 9.14. The third-order valence-electron chi connectivity index (χ3n) is 4.91. The molecule has 0 bridgehead atoms. The summed E-state index contributed by atoms with van der Waals surface area (Å²) in [5, 5.41) is 0. The summed E-state index contributed by atoms with van der Waals surface area (Å²) in [5.74, 6) is 2.21. The van der Waals surface area contributed by atoms with Crippen LogP contribution >= 0.6 is 0 Å². The molecule has 4 rings (SSSR count). The summed E-state index contributed by atoms with van der Waals surface area (Å²) in [6.07, 6.45) is 0.815. The van der Waals surface area contributed by atoms with Crippen molar-refractivity contribution in [1.29, 1.82) is 0 Å². The van der Waals surface area contributed by atoms with E-state index in [0.29, 0.717) is 35.2 Å². The van der Waals surface area contributed by atoms with Crippen LogP contribution in [0.1, 0.15) is 16.8 Å². The number of hydrogen-bond acceptors (Lipinski definition) is 6. The van der Waals surface area contributed by atoms with Crippen LogP contribution in [-0.4, -0.2) is 50.2 Å². The molecule has 0 aliphatic carbocycles. The topological polar surface area (TPSA) is 67.8 Å². The van der Waals surface area contributed by atoms with E-state index in [-0.39, 0.29) is 5.91 Å². The van der Waals surface area contributed by atoms with E-state index in [9.17, 15) is 4.79 Å². The van der Waals surface area contributed by atoms with Crippen LogP contribution in [-0.2, 0) is 0 Å². The molecular formula is C21H22N4O3. The fraction of sp³-hybridized carbons (Fsp3) is 0.286. The molecule has 28 heavy (non-hydrogen) atoms.